The second kappa shape index (κ2) is 65.4. The van der Waals surface area contributed by atoms with Crippen molar-refractivity contribution in [2.45, 2.75) is 429 Å². The fourth-order valence-corrected chi connectivity index (χ4v) is 12.3. The molecular weight excluding hydrogens is 1050 g/mol. The molecule has 7 atom stereocenters. The van der Waals surface area contributed by atoms with Crippen molar-refractivity contribution >= 4 is 5.91 Å². The van der Waals surface area contributed by atoms with E-state index in [2.05, 4.69) is 43.5 Å². The standard InChI is InChI=1S/C76H145NO8/c1-3-5-7-9-11-13-15-17-19-21-23-25-27-29-31-32-33-34-35-36-37-38-40-42-44-46-48-50-52-54-56-58-60-62-64-66-72(80)77-69(68-84-76-75(83)74(82)73(81)71(67-78)85-76)70(79)65-63-61-59-57-55-53-51-49-47-45-43-41-39-30-28-26-24-22-20-18-16-14-12-10-8-6-4-2/h21,23,55,57,63,65,69-71,73-76,78-79,81-83H,3-20,22,24-54,56,58-62,64,66-68H2,1-2H3,(H,77,80)/b23-21-,57-55+,65-63+. The number of allylic oxidation sites excluding steroid dienone is 5. The highest BCUT2D eigenvalue weighted by Gasteiger charge is 2.44. The van der Waals surface area contributed by atoms with E-state index in [1.807, 2.05) is 6.08 Å². The second-order valence-corrected chi connectivity index (χ2v) is 26.4. The van der Waals surface area contributed by atoms with Gasteiger partial charge in [-0.05, 0) is 57.8 Å². The number of hydrogen-bond acceptors (Lipinski definition) is 8. The molecule has 1 aliphatic heterocycles. The Bertz CT molecular complexity index is 1440. The Morgan fingerprint density at radius 3 is 0.988 bits per heavy atom. The molecule has 1 rings (SSSR count). The lowest BCUT2D eigenvalue weighted by molar-refractivity contribution is -0.302. The number of unbranched alkanes of at least 4 members (excludes halogenated alkanes) is 53. The Morgan fingerprint density at radius 1 is 0.388 bits per heavy atom. The lowest BCUT2D eigenvalue weighted by Crippen LogP contribution is -2.60. The van der Waals surface area contributed by atoms with E-state index < -0.39 is 49.5 Å². The smallest absolute Gasteiger partial charge is 0.220 e. The number of rotatable bonds is 67. The highest BCUT2D eigenvalue weighted by molar-refractivity contribution is 5.76. The lowest BCUT2D eigenvalue weighted by atomic mass is 9.99. The van der Waals surface area contributed by atoms with Crippen molar-refractivity contribution in [2.75, 3.05) is 13.2 Å². The summed E-state index contributed by atoms with van der Waals surface area (Å²) in [5.74, 6) is -0.178. The molecule has 0 aromatic rings. The van der Waals surface area contributed by atoms with E-state index in [4.69, 9.17) is 9.47 Å². The fraction of sp³-hybridized carbons (Fsp3) is 0.908. The van der Waals surface area contributed by atoms with Crippen LogP contribution in [0.25, 0.3) is 0 Å². The van der Waals surface area contributed by atoms with Crippen LogP contribution in [-0.4, -0.2) is 87.5 Å². The van der Waals surface area contributed by atoms with Gasteiger partial charge in [0.25, 0.3) is 0 Å². The molecule has 6 N–H and O–H groups in total. The molecule has 1 heterocycles. The number of ether oxygens (including phenoxy) is 2. The molecule has 9 nitrogen and oxygen atoms in total. The molecular formula is C76H145NO8. The van der Waals surface area contributed by atoms with Crippen LogP contribution in [0, 0.1) is 0 Å². The quantitative estimate of drug-likeness (QED) is 0.0261. The summed E-state index contributed by atoms with van der Waals surface area (Å²) in [6.07, 6.45) is 81.4. The number of carbonyl (C=O) groups is 1. The van der Waals surface area contributed by atoms with Gasteiger partial charge in [0.1, 0.15) is 24.4 Å². The summed E-state index contributed by atoms with van der Waals surface area (Å²) >= 11 is 0. The molecule has 9 heteroatoms. The first-order valence-corrected chi connectivity index (χ1v) is 37.7. The molecule has 0 saturated carbocycles. The van der Waals surface area contributed by atoms with Crippen LogP contribution in [0.2, 0.25) is 0 Å². The first-order valence-electron chi connectivity index (χ1n) is 37.7. The van der Waals surface area contributed by atoms with Crippen LogP contribution in [0.4, 0.5) is 0 Å². The van der Waals surface area contributed by atoms with Crippen molar-refractivity contribution in [3.05, 3.63) is 36.5 Å². The van der Waals surface area contributed by atoms with Gasteiger partial charge in [0.15, 0.2) is 6.29 Å². The molecule has 502 valence electrons. The van der Waals surface area contributed by atoms with Crippen LogP contribution in [0.15, 0.2) is 36.5 Å². The molecule has 1 aliphatic rings. The summed E-state index contributed by atoms with van der Waals surface area (Å²) < 4.78 is 11.3. The number of aliphatic hydroxyl groups is 5. The van der Waals surface area contributed by atoms with Gasteiger partial charge in [0.2, 0.25) is 5.91 Å². The van der Waals surface area contributed by atoms with Crippen molar-refractivity contribution in [3.63, 3.8) is 0 Å². The normalized spacial score (nSPS) is 18.2. The predicted molar refractivity (Wildman–Crippen MR) is 364 cm³/mol. The largest absolute Gasteiger partial charge is 0.394 e. The maximum Gasteiger partial charge on any atom is 0.220 e. The third-order valence-electron chi connectivity index (χ3n) is 18.2. The van der Waals surface area contributed by atoms with Crippen LogP contribution in [0.1, 0.15) is 386 Å². The highest BCUT2D eigenvalue weighted by Crippen LogP contribution is 2.24. The molecule has 0 radical (unpaired) electrons. The van der Waals surface area contributed by atoms with E-state index in [1.54, 1.807) is 6.08 Å². The summed E-state index contributed by atoms with van der Waals surface area (Å²) in [5, 5.41) is 54.8. The fourth-order valence-electron chi connectivity index (χ4n) is 12.3. The van der Waals surface area contributed by atoms with Gasteiger partial charge in [-0.25, -0.2) is 0 Å². The molecule has 0 bridgehead atoms. The van der Waals surface area contributed by atoms with Crippen LogP contribution in [-0.2, 0) is 14.3 Å². The van der Waals surface area contributed by atoms with Crippen LogP contribution in [0.5, 0.6) is 0 Å². The Labute approximate surface area is 527 Å². The molecule has 1 amide bonds. The summed E-state index contributed by atoms with van der Waals surface area (Å²) in [4.78, 5) is 13.1. The topological polar surface area (TPSA) is 149 Å². The van der Waals surface area contributed by atoms with E-state index in [0.29, 0.717) is 6.42 Å². The average molecular weight is 1200 g/mol. The highest BCUT2D eigenvalue weighted by atomic mass is 16.7. The minimum absolute atomic E-state index is 0.178. The lowest BCUT2D eigenvalue weighted by Gasteiger charge is -2.40. The minimum Gasteiger partial charge on any atom is -0.394 e. The van der Waals surface area contributed by atoms with Gasteiger partial charge in [-0.1, -0.05) is 359 Å². The monoisotopic (exact) mass is 1200 g/mol. The Morgan fingerprint density at radius 2 is 0.671 bits per heavy atom. The third kappa shape index (κ3) is 53.9. The first-order chi connectivity index (χ1) is 41.8. The summed E-state index contributed by atoms with van der Waals surface area (Å²) in [6, 6.07) is -0.822. The number of hydrogen-bond donors (Lipinski definition) is 6. The molecule has 85 heavy (non-hydrogen) atoms. The van der Waals surface area contributed by atoms with E-state index in [1.165, 1.54) is 327 Å². The first kappa shape index (κ1) is 81.4. The van der Waals surface area contributed by atoms with Gasteiger partial charge in [-0.15, -0.1) is 0 Å². The number of aliphatic hydroxyl groups excluding tert-OH is 5. The maximum atomic E-state index is 13.1. The predicted octanol–water partition coefficient (Wildman–Crippen LogP) is 21.0. The zero-order valence-corrected chi connectivity index (χ0v) is 56.4. The van der Waals surface area contributed by atoms with Gasteiger partial charge < -0.3 is 40.3 Å². The number of amides is 1. The zero-order valence-electron chi connectivity index (χ0n) is 56.4. The average Bonchev–Trinajstić information content (AvgIpc) is 3.71. The molecule has 0 aromatic carbocycles. The Balaban J connectivity index is 2.09. The van der Waals surface area contributed by atoms with Gasteiger partial charge in [-0.2, -0.15) is 0 Å². The zero-order chi connectivity index (χ0) is 61.4. The van der Waals surface area contributed by atoms with Crippen molar-refractivity contribution in [3.8, 4) is 0 Å². The molecule has 0 spiro atoms. The molecule has 0 aromatic heterocycles. The van der Waals surface area contributed by atoms with Crippen molar-refractivity contribution in [1.82, 2.24) is 5.32 Å². The van der Waals surface area contributed by atoms with Crippen molar-refractivity contribution in [1.29, 1.82) is 0 Å². The third-order valence-corrected chi connectivity index (χ3v) is 18.2. The van der Waals surface area contributed by atoms with E-state index in [-0.39, 0.29) is 12.5 Å². The van der Waals surface area contributed by atoms with E-state index >= 15 is 0 Å². The summed E-state index contributed by atoms with van der Waals surface area (Å²) in [6.45, 7) is 3.82. The minimum atomic E-state index is -1.57. The Kier molecular flexibility index (Phi) is 62.6. The molecule has 0 aliphatic carbocycles. The van der Waals surface area contributed by atoms with Crippen LogP contribution in [0.3, 0.4) is 0 Å². The van der Waals surface area contributed by atoms with E-state index in [9.17, 15) is 30.3 Å². The van der Waals surface area contributed by atoms with Gasteiger partial charge in [0.05, 0.1) is 25.4 Å². The van der Waals surface area contributed by atoms with Crippen LogP contribution < -0.4 is 5.32 Å². The Hall–Kier alpha value is -1.59. The second-order valence-electron chi connectivity index (χ2n) is 26.4. The SMILES string of the molecule is CCCCCCCCCC/C=C\CCCCCCCCCCCCCCCCCCCCCCCCCC(=O)NC(COC1OC(CO)C(O)C(O)C1O)C(O)/C=C/CC/C=C/CCCCCCCCCCCCCCCCCCCCCCC. The van der Waals surface area contributed by atoms with Gasteiger partial charge in [0, 0.05) is 6.42 Å². The maximum absolute atomic E-state index is 13.1. The van der Waals surface area contributed by atoms with Crippen LogP contribution >= 0.6 is 0 Å². The van der Waals surface area contributed by atoms with Gasteiger partial charge in [-0.3, -0.25) is 4.79 Å². The molecule has 1 saturated heterocycles. The van der Waals surface area contributed by atoms with Gasteiger partial charge >= 0.3 is 0 Å². The van der Waals surface area contributed by atoms with E-state index in [0.717, 1.165) is 38.5 Å². The number of carbonyl (C=O) groups excluding carboxylic acids is 1. The summed E-state index contributed by atoms with van der Waals surface area (Å²) in [7, 11) is 0. The van der Waals surface area contributed by atoms with Crippen molar-refractivity contribution in [2.24, 2.45) is 0 Å². The number of nitrogens with one attached hydrogen (secondary N) is 1. The molecule has 1 fully saturated rings. The van der Waals surface area contributed by atoms with Crippen molar-refractivity contribution < 1.29 is 39.8 Å². The summed E-state index contributed by atoms with van der Waals surface area (Å²) in [5.41, 5.74) is 0. The molecule has 7 unspecified atom stereocenters.